The molecule has 8 rings (SSSR count). The van der Waals surface area contributed by atoms with Gasteiger partial charge in [0.05, 0.1) is 0 Å². The van der Waals surface area contributed by atoms with Crippen LogP contribution in [-0.4, -0.2) is 0 Å². The maximum absolute atomic E-state index is 2.22. The monoisotopic (exact) mass is 773 g/mol. The molecule has 0 radical (unpaired) electrons. The van der Waals surface area contributed by atoms with E-state index in [2.05, 4.69) is 244 Å². The molecule has 0 N–H and O–H groups in total. The maximum atomic E-state index is 2.22. The molecule has 0 aromatic heterocycles. The average molecular weight is 773 g/mol. The van der Waals surface area contributed by atoms with Gasteiger partial charge in [0.2, 0.25) is 0 Å². The Morgan fingerprint density at radius 1 is 0.186 bits per heavy atom. The van der Waals surface area contributed by atoms with Crippen molar-refractivity contribution in [3.63, 3.8) is 0 Å². The summed E-state index contributed by atoms with van der Waals surface area (Å²) in [5, 5.41) is 0. The van der Waals surface area contributed by atoms with Gasteiger partial charge >= 0.3 is 0 Å². The molecule has 0 amide bonds. The first-order valence-electron chi connectivity index (χ1n) is 20.9. The standard InChI is InChI=1S/2C15H16.2C14H14.CH4/c2*1-13-7-9-15(10-8-13)12-11-14-5-3-2-4-6-14;2*1-3-7-13(8-4-1)11-12-14-9-5-2-6-10-14;/h2*2-10H,11-12H2,1H3;2*1-10H,11-12H2;1H4. The molecule has 0 atom stereocenters. The van der Waals surface area contributed by atoms with Crippen LogP contribution in [0.3, 0.4) is 0 Å². The molecule has 8 aromatic carbocycles. The van der Waals surface area contributed by atoms with Crippen molar-refractivity contribution in [1.29, 1.82) is 0 Å². The number of hydrogen-bond acceptors (Lipinski definition) is 0. The first kappa shape index (κ1) is 45.5. The highest BCUT2D eigenvalue weighted by Crippen LogP contribution is 2.11. The fraction of sp³-hybridized carbons (Fsp3) is 0.186. The van der Waals surface area contributed by atoms with E-state index in [1.54, 1.807) is 0 Å². The molecule has 59 heavy (non-hydrogen) atoms. The van der Waals surface area contributed by atoms with Crippen LogP contribution in [0.1, 0.15) is 63.1 Å². The second kappa shape index (κ2) is 27.4. The molecule has 0 aliphatic carbocycles. The van der Waals surface area contributed by atoms with Crippen LogP contribution in [-0.2, 0) is 51.4 Å². The highest BCUT2D eigenvalue weighted by Gasteiger charge is 1.97. The second-order valence-electron chi connectivity index (χ2n) is 14.9. The van der Waals surface area contributed by atoms with E-state index in [1.807, 2.05) is 0 Å². The fourth-order valence-electron chi connectivity index (χ4n) is 6.53. The Kier molecular flexibility index (Phi) is 21.1. The Bertz CT molecular complexity index is 1930. The first-order chi connectivity index (χ1) is 28.6. The molecular formula is C59H64. The van der Waals surface area contributed by atoms with Crippen molar-refractivity contribution < 1.29 is 0 Å². The number of benzene rings is 8. The van der Waals surface area contributed by atoms with Crippen LogP contribution in [0.2, 0.25) is 0 Å². The Hall–Kier alpha value is -6.24. The van der Waals surface area contributed by atoms with E-state index in [0.29, 0.717) is 0 Å². The zero-order chi connectivity index (χ0) is 40.3. The summed E-state index contributed by atoms with van der Waals surface area (Å²) in [6.45, 7) is 4.25. The average Bonchev–Trinajstić information content (AvgIpc) is 3.30. The summed E-state index contributed by atoms with van der Waals surface area (Å²) >= 11 is 0. The Labute approximate surface area is 357 Å². The smallest absolute Gasteiger partial charge is 0.0238 e. The molecule has 0 saturated carbocycles. The highest BCUT2D eigenvalue weighted by molar-refractivity contribution is 5.26. The number of hydrogen-bond donors (Lipinski definition) is 0. The van der Waals surface area contributed by atoms with Crippen molar-refractivity contribution in [2.45, 2.75) is 72.6 Å². The molecule has 0 spiro atoms. The van der Waals surface area contributed by atoms with Crippen molar-refractivity contribution in [3.8, 4) is 0 Å². The van der Waals surface area contributed by atoms with E-state index >= 15 is 0 Å². The quantitative estimate of drug-likeness (QED) is 0.116. The Morgan fingerprint density at radius 3 is 0.475 bits per heavy atom. The summed E-state index contributed by atoms with van der Waals surface area (Å²) in [7, 11) is 0. The van der Waals surface area contributed by atoms with Gasteiger partial charge in [0.25, 0.3) is 0 Å². The zero-order valence-corrected chi connectivity index (χ0v) is 34.6. The lowest BCUT2D eigenvalue weighted by molar-refractivity contribution is 0.959. The van der Waals surface area contributed by atoms with Crippen LogP contribution < -0.4 is 0 Å². The topological polar surface area (TPSA) is 0 Å². The molecule has 0 bridgehead atoms. The van der Waals surface area contributed by atoms with E-state index in [9.17, 15) is 0 Å². The van der Waals surface area contributed by atoms with Gasteiger partial charge in [0.15, 0.2) is 0 Å². The Morgan fingerprint density at radius 2 is 0.322 bits per heavy atom. The molecule has 8 aromatic rings. The fourth-order valence-corrected chi connectivity index (χ4v) is 6.53. The minimum atomic E-state index is 0. The summed E-state index contributed by atoms with van der Waals surface area (Å²) in [6.07, 6.45) is 9.04. The van der Waals surface area contributed by atoms with Crippen LogP contribution in [0.4, 0.5) is 0 Å². The minimum Gasteiger partial charge on any atom is -0.0776 e. The van der Waals surface area contributed by atoms with Gasteiger partial charge in [-0.3, -0.25) is 0 Å². The van der Waals surface area contributed by atoms with Gasteiger partial charge < -0.3 is 0 Å². The molecule has 0 unspecified atom stereocenters. The Balaban J connectivity index is 0.000000173. The van der Waals surface area contributed by atoms with Crippen LogP contribution in [0.15, 0.2) is 231 Å². The van der Waals surface area contributed by atoms with Gasteiger partial charge in [-0.15, -0.1) is 0 Å². The predicted molar refractivity (Wildman–Crippen MR) is 257 cm³/mol. The third kappa shape index (κ3) is 19.2. The molecular weight excluding hydrogens is 709 g/mol. The number of rotatable bonds is 12. The van der Waals surface area contributed by atoms with Crippen LogP contribution in [0.5, 0.6) is 0 Å². The van der Waals surface area contributed by atoms with Crippen molar-refractivity contribution in [2.24, 2.45) is 0 Å². The minimum absolute atomic E-state index is 0. The summed E-state index contributed by atoms with van der Waals surface area (Å²) in [6, 6.07) is 81.4. The lowest BCUT2D eigenvalue weighted by atomic mass is 10.0. The molecule has 0 nitrogen and oxygen atoms in total. The van der Waals surface area contributed by atoms with Crippen LogP contribution in [0, 0.1) is 13.8 Å². The SMILES string of the molecule is C.Cc1ccc(CCc2ccccc2)cc1.Cc1ccc(CCc2ccccc2)cc1.c1ccc(CCc2ccccc2)cc1.c1ccc(CCc2ccccc2)cc1. The van der Waals surface area contributed by atoms with Crippen LogP contribution in [0.25, 0.3) is 0 Å². The first-order valence-corrected chi connectivity index (χ1v) is 20.9. The third-order valence-corrected chi connectivity index (χ3v) is 10.1. The van der Waals surface area contributed by atoms with Crippen LogP contribution >= 0.6 is 0 Å². The van der Waals surface area contributed by atoms with Gasteiger partial charge in [-0.1, -0.05) is 249 Å². The van der Waals surface area contributed by atoms with Gasteiger partial charge in [0.1, 0.15) is 0 Å². The summed E-state index contributed by atoms with van der Waals surface area (Å²) in [5.74, 6) is 0. The van der Waals surface area contributed by atoms with Gasteiger partial charge in [-0.05, 0) is 110 Å². The van der Waals surface area contributed by atoms with Crippen molar-refractivity contribution in [3.05, 3.63) is 286 Å². The molecule has 0 fully saturated rings. The normalized spacial score (nSPS) is 9.93. The molecule has 0 saturated heterocycles. The summed E-state index contributed by atoms with van der Waals surface area (Å²) in [4.78, 5) is 0. The van der Waals surface area contributed by atoms with Gasteiger partial charge in [-0.2, -0.15) is 0 Å². The predicted octanol–water partition coefficient (Wildman–Crippen LogP) is 15.1. The van der Waals surface area contributed by atoms with E-state index in [-0.39, 0.29) is 7.43 Å². The van der Waals surface area contributed by atoms with Crippen molar-refractivity contribution >= 4 is 0 Å². The van der Waals surface area contributed by atoms with Crippen molar-refractivity contribution in [1.82, 2.24) is 0 Å². The third-order valence-electron chi connectivity index (χ3n) is 10.1. The molecule has 0 heteroatoms. The van der Waals surface area contributed by atoms with E-state index < -0.39 is 0 Å². The summed E-state index contributed by atoms with van der Waals surface area (Å²) in [5.41, 5.74) is 14.0. The highest BCUT2D eigenvalue weighted by atomic mass is 14.0. The van der Waals surface area contributed by atoms with Gasteiger partial charge in [0, 0.05) is 0 Å². The van der Waals surface area contributed by atoms with Crippen molar-refractivity contribution in [2.75, 3.05) is 0 Å². The van der Waals surface area contributed by atoms with E-state index in [1.165, 1.54) is 55.6 Å². The molecule has 300 valence electrons. The number of aryl methyl sites for hydroxylation is 10. The molecule has 0 aliphatic heterocycles. The zero-order valence-electron chi connectivity index (χ0n) is 34.6. The second-order valence-corrected chi connectivity index (χ2v) is 14.9. The van der Waals surface area contributed by atoms with Gasteiger partial charge in [-0.25, -0.2) is 0 Å². The largest absolute Gasteiger partial charge is 0.0776 e. The van der Waals surface area contributed by atoms with E-state index in [0.717, 1.165) is 51.4 Å². The molecule has 0 heterocycles. The lowest BCUT2D eigenvalue weighted by Crippen LogP contribution is -1.90. The summed E-state index contributed by atoms with van der Waals surface area (Å²) < 4.78 is 0. The molecule has 0 aliphatic rings. The lowest BCUT2D eigenvalue weighted by Gasteiger charge is -2.02. The van der Waals surface area contributed by atoms with E-state index in [4.69, 9.17) is 0 Å². The maximum Gasteiger partial charge on any atom is -0.0238 e.